The fourth-order valence-electron chi connectivity index (χ4n) is 3.53. The Morgan fingerprint density at radius 1 is 1.04 bits per heavy atom. The zero-order valence-electron chi connectivity index (χ0n) is 13.9. The summed E-state index contributed by atoms with van der Waals surface area (Å²) in [5, 5.41) is 3.66. The van der Waals surface area contributed by atoms with Gasteiger partial charge in [0.2, 0.25) is 0 Å². The van der Waals surface area contributed by atoms with E-state index in [9.17, 15) is 0 Å². The molecular formula is C21H21N3. The van der Waals surface area contributed by atoms with Gasteiger partial charge in [0.1, 0.15) is 5.82 Å². The molecule has 0 fully saturated rings. The van der Waals surface area contributed by atoms with Crippen LogP contribution >= 0.6 is 0 Å². The first-order valence-electron chi connectivity index (χ1n) is 8.53. The molecule has 1 atom stereocenters. The number of fused-ring (bicyclic) bond motifs is 1. The molecule has 0 amide bonds. The molecule has 0 aliphatic heterocycles. The Morgan fingerprint density at radius 2 is 1.96 bits per heavy atom. The van der Waals surface area contributed by atoms with Crippen LogP contribution in [0.1, 0.15) is 35.7 Å². The highest BCUT2D eigenvalue weighted by atomic mass is 15.0. The predicted molar refractivity (Wildman–Crippen MR) is 97.9 cm³/mol. The molecule has 0 saturated carbocycles. The van der Waals surface area contributed by atoms with Gasteiger partial charge in [-0.2, -0.15) is 0 Å². The number of aryl methyl sites for hydroxylation is 2. The Kier molecular flexibility index (Phi) is 3.99. The quantitative estimate of drug-likeness (QED) is 0.744. The molecule has 0 spiro atoms. The van der Waals surface area contributed by atoms with Gasteiger partial charge in [-0.25, -0.2) is 4.98 Å². The van der Waals surface area contributed by atoms with E-state index in [0.717, 1.165) is 29.1 Å². The topological polar surface area (TPSA) is 37.8 Å². The molecule has 24 heavy (non-hydrogen) atoms. The number of rotatable bonds is 3. The summed E-state index contributed by atoms with van der Waals surface area (Å²) in [6, 6.07) is 17.4. The van der Waals surface area contributed by atoms with E-state index in [4.69, 9.17) is 4.98 Å². The zero-order chi connectivity index (χ0) is 16.4. The average molecular weight is 315 g/mol. The summed E-state index contributed by atoms with van der Waals surface area (Å²) >= 11 is 0. The van der Waals surface area contributed by atoms with Crippen molar-refractivity contribution in [2.75, 3.05) is 5.32 Å². The molecule has 3 nitrogen and oxygen atoms in total. The van der Waals surface area contributed by atoms with Gasteiger partial charge in [0.05, 0.1) is 6.04 Å². The molecule has 0 bridgehead atoms. The second-order valence-electron chi connectivity index (χ2n) is 6.41. The average Bonchev–Trinajstić information content (AvgIpc) is 2.62. The third-order valence-electron chi connectivity index (χ3n) is 4.64. The van der Waals surface area contributed by atoms with Crippen molar-refractivity contribution in [3.63, 3.8) is 0 Å². The molecule has 3 aromatic rings. The highest BCUT2D eigenvalue weighted by molar-refractivity contribution is 5.66. The molecule has 1 aromatic carbocycles. The molecule has 1 aliphatic rings. The van der Waals surface area contributed by atoms with E-state index in [-0.39, 0.29) is 0 Å². The molecule has 120 valence electrons. The maximum Gasteiger partial charge on any atom is 0.127 e. The van der Waals surface area contributed by atoms with Gasteiger partial charge in [0.25, 0.3) is 0 Å². The number of hydrogen-bond donors (Lipinski definition) is 1. The molecule has 0 radical (unpaired) electrons. The Morgan fingerprint density at radius 3 is 2.83 bits per heavy atom. The Balaban J connectivity index is 1.65. The van der Waals surface area contributed by atoms with Crippen LogP contribution in [0.25, 0.3) is 11.1 Å². The maximum absolute atomic E-state index is 4.69. The summed E-state index contributed by atoms with van der Waals surface area (Å²) in [4.78, 5) is 8.92. The van der Waals surface area contributed by atoms with E-state index in [1.807, 2.05) is 19.2 Å². The van der Waals surface area contributed by atoms with Crippen molar-refractivity contribution in [1.29, 1.82) is 0 Å². The van der Waals surface area contributed by atoms with Crippen molar-refractivity contribution in [2.24, 2.45) is 0 Å². The summed E-state index contributed by atoms with van der Waals surface area (Å²) in [6.07, 6.45) is 7.24. The number of nitrogens with one attached hydrogen (secondary N) is 1. The van der Waals surface area contributed by atoms with Crippen molar-refractivity contribution in [3.8, 4) is 11.1 Å². The normalized spacial score (nSPS) is 16.5. The van der Waals surface area contributed by atoms with Crippen molar-refractivity contribution < 1.29 is 0 Å². The number of hydrogen-bond acceptors (Lipinski definition) is 3. The highest BCUT2D eigenvalue weighted by Gasteiger charge is 2.20. The minimum atomic E-state index is 0.339. The van der Waals surface area contributed by atoms with Gasteiger partial charge in [0.15, 0.2) is 0 Å². The van der Waals surface area contributed by atoms with Crippen LogP contribution in [0.5, 0.6) is 0 Å². The van der Waals surface area contributed by atoms with Gasteiger partial charge in [-0.15, -0.1) is 0 Å². The lowest BCUT2D eigenvalue weighted by molar-refractivity contribution is 0.598. The SMILES string of the molecule is Cc1cc(-c2cccnc2)cc(N[C@@H]2CCCc3ccccc32)n1. The number of aromatic nitrogens is 2. The van der Waals surface area contributed by atoms with Crippen LogP contribution in [0.15, 0.2) is 60.9 Å². The third kappa shape index (κ3) is 3.02. The number of benzene rings is 1. The van der Waals surface area contributed by atoms with Gasteiger partial charge in [0, 0.05) is 23.7 Å². The first-order valence-corrected chi connectivity index (χ1v) is 8.53. The van der Waals surface area contributed by atoms with E-state index in [0.29, 0.717) is 6.04 Å². The van der Waals surface area contributed by atoms with Crippen molar-refractivity contribution in [2.45, 2.75) is 32.2 Å². The Hall–Kier alpha value is -2.68. The minimum absolute atomic E-state index is 0.339. The van der Waals surface area contributed by atoms with Crippen LogP contribution in [-0.4, -0.2) is 9.97 Å². The largest absolute Gasteiger partial charge is 0.363 e. The molecule has 0 unspecified atom stereocenters. The van der Waals surface area contributed by atoms with E-state index < -0.39 is 0 Å². The molecule has 2 heterocycles. The Bertz CT molecular complexity index is 843. The lowest BCUT2D eigenvalue weighted by Gasteiger charge is -2.27. The first kappa shape index (κ1) is 14.9. The van der Waals surface area contributed by atoms with Crippen LogP contribution < -0.4 is 5.32 Å². The van der Waals surface area contributed by atoms with Crippen LogP contribution in [0.4, 0.5) is 5.82 Å². The number of pyridine rings is 2. The third-order valence-corrected chi connectivity index (χ3v) is 4.64. The Labute approximate surface area is 142 Å². The van der Waals surface area contributed by atoms with Gasteiger partial charge < -0.3 is 5.32 Å². The summed E-state index contributed by atoms with van der Waals surface area (Å²) in [7, 11) is 0. The molecule has 4 rings (SSSR count). The summed E-state index contributed by atoms with van der Waals surface area (Å²) < 4.78 is 0. The predicted octanol–water partition coefficient (Wildman–Crippen LogP) is 4.94. The lowest BCUT2D eigenvalue weighted by atomic mass is 9.88. The second kappa shape index (κ2) is 6.44. The second-order valence-corrected chi connectivity index (χ2v) is 6.41. The van der Waals surface area contributed by atoms with Crippen LogP contribution in [-0.2, 0) is 6.42 Å². The van der Waals surface area contributed by atoms with Gasteiger partial charge >= 0.3 is 0 Å². The number of nitrogens with zero attached hydrogens (tertiary/aromatic N) is 2. The highest BCUT2D eigenvalue weighted by Crippen LogP contribution is 2.33. The van der Waals surface area contributed by atoms with Crippen molar-refractivity contribution >= 4 is 5.82 Å². The molecule has 1 aliphatic carbocycles. The zero-order valence-corrected chi connectivity index (χ0v) is 13.9. The van der Waals surface area contributed by atoms with Crippen LogP contribution in [0.3, 0.4) is 0 Å². The molecule has 0 saturated heterocycles. The van der Waals surface area contributed by atoms with Crippen molar-refractivity contribution in [3.05, 3.63) is 77.7 Å². The fraction of sp³-hybridized carbons (Fsp3) is 0.238. The monoisotopic (exact) mass is 315 g/mol. The van der Waals surface area contributed by atoms with Crippen molar-refractivity contribution in [1.82, 2.24) is 9.97 Å². The number of anilines is 1. The van der Waals surface area contributed by atoms with E-state index in [2.05, 4.69) is 52.8 Å². The first-order chi connectivity index (χ1) is 11.8. The maximum atomic E-state index is 4.69. The van der Waals surface area contributed by atoms with Gasteiger partial charge in [-0.1, -0.05) is 30.3 Å². The van der Waals surface area contributed by atoms with E-state index in [1.54, 1.807) is 6.20 Å². The molecular weight excluding hydrogens is 294 g/mol. The molecule has 2 aromatic heterocycles. The summed E-state index contributed by atoms with van der Waals surface area (Å²) in [6.45, 7) is 2.04. The van der Waals surface area contributed by atoms with Gasteiger partial charge in [-0.3, -0.25) is 4.98 Å². The van der Waals surface area contributed by atoms with Crippen LogP contribution in [0.2, 0.25) is 0 Å². The standard InChI is InChI=1S/C21H21N3/c1-15-12-18(17-8-5-11-22-14-17)13-21(23-15)24-20-10-4-7-16-6-2-3-9-19(16)20/h2-3,5-6,8-9,11-14,20H,4,7,10H2,1H3,(H,23,24)/t20-/m1/s1. The van der Waals surface area contributed by atoms with Gasteiger partial charge in [-0.05, 0) is 61.1 Å². The van der Waals surface area contributed by atoms with E-state index in [1.165, 1.54) is 24.0 Å². The van der Waals surface area contributed by atoms with Crippen LogP contribution in [0, 0.1) is 6.92 Å². The lowest BCUT2D eigenvalue weighted by Crippen LogP contribution is -2.18. The summed E-state index contributed by atoms with van der Waals surface area (Å²) in [5.41, 5.74) is 6.16. The summed E-state index contributed by atoms with van der Waals surface area (Å²) in [5.74, 6) is 0.940. The smallest absolute Gasteiger partial charge is 0.127 e. The fourth-order valence-corrected chi connectivity index (χ4v) is 3.53. The molecule has 3 heteroatoms. The van der Waals surface area contributed by atoms with E-state index >= 15 is 0 Å². The molecule has 1 N–H and O–H groups in total. The minimum Gasteiger partial charge on any atom is -0.363 e.